The van der Waals surface area contributed by atoms with Gasteiger partial charge in [0, 0.05) is 16.8 Å². The van der Waals surface area contributed by atoms with Crippen molar-refractivity contribution in [2.45, 2.75) is 18.8 Å². The SMILES string of the molecule is COc1cc(C(Nc2ccc(C(=N)N)cc2)c2nn(-c3ncsc3C(=O)O)c(=O)[nH]2)cc2c1OCOC2.O=C(O)C(F)(F)F. The number of aliphatic carboxylic acids is 1. The number of alkyl halides is 3. The van der Waals surface area contributed by atoms with Crippen molar-refractivity contribution in [3.05, 3.63) is 79.8 Å². The van der Waals surface area contributed by atoms with Crippen molar-refractivity contribution in [3.8, 4) is 17.3 Å². The van der Waals surface area contributed by atoms with Crippen molar-refractivity contribution in [2.75, 3.05) is 19.2 Å². The molecule has 15 nitrogen and oxygen atoms in total. The Kier molecular flexibility index (Phi) is 9.19. The Labute approximate surface area is 248 Å². The maximum absolute atomic E-state index is 12.9. The lowest BCUT2D eigenvalue weighted by atomic mass is 10.0. The Balaban J connectivity index is 0.000000566. The number of carboxylic acids is 2. The van der Waals surface area contributed by atoms with Gasteiger partial charge in [-0.2, -0.15) is 17.9 Å². The molecule has 4 aromatic rings. The highest BCUT2D eigenvalue weighted by molar-refractivity contribution is 7.12. The van der Waals surface area contributed by atoms with Gasteiger partial charge >= 0.3 is 23.8 Å². The lowest BCUT2D eigenvalue weighted by Gasteiger charge is -2.24. The van der Waals surface area contributed by atoms with Crippen LogP contribution in [0.15, 0.2) is 46.7 Å². The third-order valence-electron chi connectivity index (χ3n) is 5.85. The minimum atomic E-state index is -5.08. The van der Waals surface area contributed by atoms with E-state index in [0.29, 0.717) is 34.9 Å². The maximum Gasteiger partial charge on any atom is 0.490 e. The first-order chi connectivity index (χ1) is 20.8. The lowest BCUT2D eigenvalue weighted by molar-refractivity contribution is -0.192. The summed E-state index contributed by atoms with van der Waals surface area (Å²) < 4.78 is 49.2. The van der Waals surface area contributed by atoms with Crippen LogP contribution in [0.1, 0.15) is 38.2 Å². The first kappa shape index (κ1) is 31.5. The number of nitrogens with one attached hydrogen (secondary N) is 3. The first-order valence-corrected chi connectivity index (χ1v) is 13.0. The van der Waals surface area contributed by atoms with Crippen LogP contribution in [0.4, 0.5) is 18.9 Å². The minimum absolute atomic E-state index is 0.0666. The van der Waals surface area contributed by atoms with Crippen LogP contribution in [0.5, 0.6) is 11.5 Å². The number of hydrogen-bond acceptors (Lipinski definition) is 11. The largest absolute Gasteiger partial charge is 0.493 e. The van der Waals surface area contributed by atoms with Crippen LogP contribution in [-0.4, -0.2) is 67.8 Å². The smallest absolute Gasteiger partial charge is 0.490 e. The Morgan fingerprint density at radius 2 is 1.93 bits per heavy atom. The third kappa shape index (κ3) is 6.95. The molecule has 0 aliphatic carbocycles. The topological polar surface area (TPSA) is 228 Å². The maximum atomic E-state index is 12.9. The fourth-order valence-corrected chi connectivity index (χ4v) is 4.50. The number of nitrogens with zero attached hydrogens (tertiary/aromatic N) is 3. The van der Waals surface area contributed by atoms with Crippen molar-refractivity contribution in [2.24, 2.45) is 5.73 Å². The van der Waals surface area contributed by atoms with Crippen molar-refractivity contribution in [1.29, 1.82) is 5.41 Å². The van der Waals surface area contributed by atoms with E-state index in [4.69, 9.17) is 35.3 Å². The number of halogens is 3. The minimum Gasteiger partial charge on any atom is -0.493 e. The van der Waals surface area contributed by atoms with Crippen LogP contribution < -0.4 is 26.2 Å². The average Bonchev–Trinajstić information content (AvgIpc) is 3.62. The van der Waals surface area contributed by atoms with Gasteiger partial charge in [-0.1, -0.05) is 0 Å². The number of aromatic amines is 1. The number of aromatic carboxylic acids is 1. The van der Waals surface area contributed by atoms with Crippen molar-refractivity contribution in [1.82, 2.24) is 19.7 Å². The molecule has 44 heavy (non-hydrogen) atoms. The molecule has 0 saturated carbocycles. The normalized spacial score (nSPS) is 13.0. The highest BCUT2D eigenvalue weighted by atomic mass is 32.1. The molecule has 1 aliphatic rings. The second-order valence-electron chi connectivity index (χ2n) is 8.73. The van der Waals surface area contributed by atoms with Crippen LogP contribution in [0.2, 0.25) is 0 Å². The molecule has 2 aromatic heterocycles. The molecule has 3 heterocycles. The number of benzene rings is 2. The molecule has 0 radical (unpaired) electrons. The van der Waals surface area contributed by atoms with E-state index in [1.165, 1.54) is 12.6 Å². The number of hydrogen-bond donors (Lipinski definition) is 6. The van der Waals surface area contributed by atoms with E-state index in [-0.39, 0.29) is 29.1 Å². The summed E-state index contributed by atoms with van der Waals surface area (Å²) in [6.45, 7) is 0.398. The monoisotopic (exact) mass is 637 g/mol. The first-order valence-electron chi connectivity index (χ1n) is 12.1. The van der Waals surface area contributed by atoms with Crippen LogP contribution >= 0.6 is 11.3 Å². The van der Waals surface area contributed by atoms with Gasteiger partial charge in [0.15, 0.2) is 34.8 Å². The molecule has 1 unspecified atom stereocenters. The van der Waals surface area contributed by atoms with E-state index < -0.39 is 29.8 Å². The Morgan fingerprint density at radius 1 is 1.25 bits per heavy atom. The molecular formula is C25H22F3N7O8S. The van der Waals surface area contributed by atoms with E-state index in [1.807, 2.05) is 6.07 Å². The van der Waals surface area contributed by atoms with Crippen LogP contribution in [0, 0.1) is 5.41 Å². The predicted octanol–water partition coefficient (Wildman–Crippen LogP) is 2.71. The van der Waals surface area contributed by atoms with Crippen molar-refractivity contribution in [3.63, 3.8) is 0 Å². The Hall–Kier alpha value is -5.43. The van der Waals surface area contributed by atoms with Gasteiger partial charge in [0.2, 0.25) is 0 Å². The second kappa shape index (κ2) is 12.8. The molecule has 0 amide bonds. The highest BCUT2D eigenvalue weighted by Crippen LogP contribution is 2.38. The average molecular weight is 638 g/mol. The molecule has 1 aliphatic heterocycles. The van der Waals surface area contributed by atoms with E-state index in [9.17, 15) is 27.9 Å². The zero-order valence-electron chi connectivity index (χ0n) is 22.3. The number of rotatable bonds is 8. The van der Waals surface area contributed by atoms with Gasteiger partial charge in [0.1, 0.15) is 11.9 Å². The molecule has 2 aromatic carbocycles. The number of fused-ring (bicyclic) bond motifs is 1. The van der Waals surface area contributed by atoms with Crippen LogP contribution in [-0.2, 0) is 16.1 Å². The van der Waals surface area contributed by atoms with Gasteiger partial charge < -0.3 is 35.5 Å². The summed E-state index contributed by atoms with van der Waals surface area (Å²) in [6.07, 6.45) is -5.08. The number of amidine groups is 1. The fourth-order valence-electron chi connectivity index (χ4n) is 3.90. The number of H-pyrrole nitrogens is 1. The summed E-state index contributed by atoms with van der Waals surface area (Å²) in [7, 11) is 1.52. The summed E-state index contributed by atoms with van der Waals surface area (Å²) in [5, 5.41) is 31.9. The van der Waals surface area contributed by atoms with Crippen molar-refractivity contribution < 1.29 is 47.2 Å². The van der Waals surface area contributed by atoms with Gasteiger partial charge in [0.05, 0.1) is 19.2 Å². The number of nitrogens with two attached hydrogens (primary N) is 1. The van der Waals surface area contributed by atoms with Crippen LogP contribution in [0.25, 0.3) is 5.82 Å². The van der Waals surface area contributed by atoms with Crippen LogP contribution in [0.3, 0.4) is 0 Å². The molecule has 0 spiro atoms. The highest BCUT2D eigenvalue weighted by Gasteiger charge is 2.38. The van der Waals surface area contributed by atoms with Gasteiger partial charge in [-0.05, 0) is 42.0 Å². The van der Waals surface area contributed by atoms with Gasteiger partial charge in [-0.3, -0.25) is 10.4 Å². The molecule has 232 valence electrons. The van der Waals surface area contributed by atoms with E-state index in [0.717, 1.165) is 21.6 Å². The number of carboxylic acid groups (broad SMARTS) is 2. The molecule has 1 atom stereocenters. The lowest BCUT2D eigenvalue weighted by Crippen LogP contribution is -2.21. The molecule has 5 rings (SSSR count). The Morgan fingerprint density at radius 3 is 2.52 bits per heavy atom. The molecule has 0 fully saturated rings. The molecule has 19 heteroatoms. The van der Waals surface area contributed by atoms with E-state index in [1.54, 1.807) is 30.3 Å². The summed E-state index contributed by atoms with van der Waals surface area (Å²) in [6, 6.07) is 9.74. The van der Waals surface area contributed by atoms with Gasteiger partial charge in [0.25, 0.3) is 0 Å². The summed E-state index contributed by atoms with van der Waals surface area (Å²) >= 11 is 0.890. The second-order valence-corrected chi connectivity index (χ2v) is 9.59. The third-order valence-corrected chi connectivity index (χ3v) is 6.66. The fraction of sp³-hybridized carbons (Fsp3) is 0.200. The molecule has 7 N–H and O–H groups in total. The van der Waals surface area contributed by atoms with E-state index in [2.05, 4.69) is 20.4 Å². The number of anilines is 1. The number of methoxy groups -OCH3 is 1. The van der Waals surface area contributed by atoms with E-state index >= 15 is 0 Å². The van der Waals surface area contributed by atoms with Gasteiger partial charge in [-0.25, -0.2) is 19.4 Å². The number of thiazole rings is 1. The zero-order chi connectivity index (χ0) is 32.2. The summed E-state index contributed by atoms with van der Waals surface area (Å²) in [4.78, 5) is 40.0. The summed E-state index contributed by atoms with van der Waals surface area (Å²) in [5.41, 5.74) is 8.86. The summed E-state index contributed by atoms with van der Waals surface area (Å²) in [5.74, 6) is -2.88. The predicted molar refractivity (Wildman–Crippen MR) is 147 cm³/mol. The zero-order valence-corrected chi connectivity index (χ0v) is 23.2. The molecule has 0 saturated heterocycles. The molecular weight excluding hydrogens is 615 g/mol. The number of carbonyl (C=O) groups is 2. The number of aromatic nitrogens is 4. The number of ether oxygens (including phenoxy) is 3. The number of nitrogen functional groups attached to an aromatic ring is 1. The van der Waals surface area contributed by atoms with Gasteiger partial charge in [-0.15, -0.1) is 16.4 Å². The standard InChI is InChI=1S/C23H21N7O6S.C2HF3O2/c1-34-15-7-12(6-13-8-35-10-36-17(13)15)16(27-14-4-2-11(3-5-14)19(24)25)20-28-23(33)30(29-20)21-18(22(31)32)37-9-26-21;3-2(4,5)1(6)7/h2-7,9,16,27H,8,10H2,1H3,(H3,24,25)(H,31,32)(H,28,29,33);(H,6,7). The Bertz CT molecular complexity index is 1730. The quantitative estimate of drug-likeness (QED) is 0.121. The van der Waals surface area contributed by atoms with Crippen molar-refractivity contribution >= 4 is 34.8 Å². The molecule has 0 bridgehead atoms.